The highest BCUT2D eigenvalue weighted by Crippen LogP contribution is 2.21. The number of rotatable bonds is 11. The van der Waals surface area contributed by atoms with Crippen molar-refractivity contribution in [2.75, 3.05) is 48.5 Å². The van der Waals surface area contributed by atoms with Crippen molar-refractivity contribution >= 4 is 17.3 Å². The molecule has 7 nitrogen and oxygen atoms in total. The number of ether oxygens (including phenoxy) is 2. The number of thiazole rings is 1. The van der Waals surface area contributed by atoms with Crippen LogP contribution in [0.3, 0.4) is 0 Å². The minimum atomic E-state index is 0.0198. The minimum Gasteiger partial charge on any atom is -0.494 e. The summed E-state index contributed by atoms with van der Waals surface area (Å²) in [5, 5.41) is 6.48. The number of aromatic nitrogens is 1. The first kappa shape index (κ1) is 24.1. The summed E-state index contributed by atoms with van der Waals surface area (Å²) in [6.07, 6.45) is 1.04. The number of methoxy groups -OCH3 is 1. The predicted molar refractivity (Wildman–Crippen MR) is 124 cm³/mol. The third kappa shape index (κ3) is 7.93. The van der Waals surface area contributed by atoms with E-state index in [4.69, 9.17) is 9.47 Å². The van der Waals surface area contributed by atoms with Gasteiger partial charge >= 0.3 is 0 Å². The molecule has 1 atom stereocenters. The van der Waals surface area contributed by atoms with E-state index in [1.807, 2.05) is 26.1 Å². The van der Waals surface area contributed by atoms with Crippen LogP contribution in [-0.4, -0.2) is 69.2 Å². The highest BCUT2D eigenvalue weighted by Gasteiger charge is 2.12. The summed E-state index contributed by atoms with van der Waals surface area (Å²) in [4.78, 5) is 13.3. The molecule has 0 aliphatic rings. The number of guanidine groups is 1. The molecule has 8 heteroatoms. The first-order chi connectivity index (χ1) is 14.4. The van der Waals surface area contributed by atoms with Crippen molar-refractivity contribution in [2.24, 2.45) is 4.99 Å². The number of hydrogen-bond donors (Lipinski definition) is 1. The summed E-state index contributed by atoms with van der Waals surface area (Å²) >= 11 is 1.63. The van der Waals surface area contributed by atoms with Gasteiger partial charge in [0.05, 0.1) is 18.8 Å². The van der Waals surface area contributed by atoms with E-state index >= 15 is 0 Å². The SMILES string of the molecule is CN=C(NCc1ccc(OCCCN(C)C)cc1)N(C)Cc1csc(C(C)OC)n1. The fourth-order valence-corrected chi connectivity index (χ4v) is 3.68. The molecule has 0 saturated heterocycles. The van der Waals surface area contributed by atoms with Gasteiger partial charge in [-0.25, -0.2) is 4.98 Å². The number of hydrogen-bond acceptors (Lipinski definition) is 6. The summed E-state index contributed by atoms with van der Waals surface area (Å²) in [7, 11) is 9.65. The zero-order valence-electron chi connectivity index (χ0n) is 19.0. The number of nitrogens with one attached hydrogen (secondary N) is 1. The molecule has 1 aromatic carbocycles. The first-order valence-electron chi connectivity index (χ1n) is 10.2. The Balaban J connectivity index is 1.80. The third-order valence-corrected chi connectivity index (χ3v) is 5.69. The molecule has 1 aromatic heterocycles. The lowest BCUT2D eigenvalue weighted by atomic mass is 10.2. The Morgan fingerprint density at radius 1 is 1.23 bits per heavy atom. The number of aliphatic imine (C=N–C) groups is 1. The molecule has 0 fully saturated rings. The Labute approximate surface area is 184 Å². The Bertz CT molecular complexity index is 776. The van der Waals surface area contributed by atoms with Gasteiger partial charge in [0.25, 0.3) is 0 Å². The standard InChI is InChI=1S/C22H35N5O2S/c1-17(28-6)21-25-19(16-30-21)15-27(5)22(23-2)24-14-18-8-10-20(11-9-18)29-13-7-12-26(3)4/h8-11,16-17H,7,12-15H2,1-6H3,(H,23,24). The van der Waals surface area contributed by atoms with Crippen LogP contribution in [-0.2, 0) is 17.8 Å². The van der Waals surface area contributed by atoms with Crippen molar-refractivity contribution in [3.8, 4) is 5.75 Å². The van der Waals surface area contributed by atoms with Gasteiger partial charge in [0.2, 0.25) is 0 Å². The van der Waals surface area contributed by atoms with E-state index in [0.717, 1.165) is 42.0 Å². The second kappa shape index (κ2) is 12.5. The van der Waals surface area contributed by atoms with Gasteiger partial charge in [0.15, 0.2) is 5.96 Å². The van der Waals surface area contributed by atoms with Crippen LogP contribution in [0.2, 0.25) is 0 Å². The average molecular weight is 434 g/mol. The van der Waals surface area contributed by atoms with Gasteiger partial charge in [-0.1, -0.05) is 12.1 Å². The number of nitrogens with zero attached hydrogens (tertiary/aromatic N) is 4. The zero-order chi connectivity index (χ0) is 21.9. The summed E-state index contributed by atoms with van der Waals surface area (Å²) in [6, 6.07) is 8.21. The second-order valence-electron chi connectivity index (χ2n) is 7.46. The Hall–Kier alpha value is -2.16. The maximum Gasteiger partial charge on any atom is 0.194 e. The summed E-state index contributed by atoms with van der Waals surface area (Å²) in [6.45, 7) is 5.15. The van der Waals surface area contributed by atoms with Crippen molar-refractivity contribution in [1.82, 2.24) is 20.1 Å². The fourth-order valence-electron chi connectivity index (χ4n) is 2.84. The van der Waals surface area contributed by atoms with Gasteiger partial charge in [-0.2, -0.15) is 0 Å². The van der Waals surface area contributed by atoms with E-state index in [1.54, 1.807) is 25.5 Å². The molecule has 2 aromatic rings. The molecule has 1 heterocycles. The van der Waals surface area contributed by atoms with Crippen LogP contribution in [0.25, 0.3) is 0 Å². The van der Waals surface area contributed by atoms with E-state index in [9.17, 15) is 0 Å². The summed E-state index contributed by atoms with van der Waals surface area (Å²) in [5.41, 5.74) is 2.19. The van der Waals surface area contributed by atoms with E-state index in [0.29, 0.717) is 13.1 Å². The maximum absolute atomic E-state index is 5.80. The largest absolute Gasteiger partial charge is 0.494 e. The first-order valence-corrected chi connectivity index (χ1v) is 11.1. The van der Waals surface area contributed by atoms with E-state index in [1.165, 1.54) is 5.56 Å². The Morgan fingerprint density at radius 2 is 1.97 bits per heavy atom. The highest BCUT2D eigenvalue weighted by molar-refractivity contribution is 7.09. The molecular weight excluding hydrogens is 398 g/mol. The van der Waals surface area contributed by atoms with Gasteiger partial charge in [0, 0.05) is 39.7 Å². The van der Waals surface area contributed by atoms with Crippen molar-refractivity contribution in [3.05, 3.63) is 45.9 Å². The molecule has 2 rings (SSSR count). The average Bonchev–Trinajstić information content (AvgIpc) is 3.20. The molecule has 0 saturated carbocycles. The summed E-state index contributed by atoms with van der Waals surface area (Å²) in [5.74, 6) is 1.73. The molecule has 0 radical (unpaired) electrons. The normalized spacial score (nSPS) is 12.8. The quantitative estimate of drug-likeness (QED) is 0.333. The smallest absolute Gasteiger partial charge is 0.194 e. The zero-order valence-corrected chi connectivity index (χ0v) is 19.8. The van der Waals surface area contributed by atoms with Crippen LogP contribution in [0.4, 0.5) is 0 Å². The second-order valence-corrected chi connectivity index (χ2v) is 8.35. The highest BCUT2D eigenvalue weighted by atomic mass is 32.1. The van der Waals surface area contributed by atoms with E-state index in [2.05, 4.69) is 56.7 Å². The van der Waals surface area contributed by atoms with E-state index in [-0.39, 0.29) is 6.10 Å². The van der Waals surface area contributed by atoms with Crippen LogP contribution in [0.5, 0.6) is 5.75 Å². The van der Waals surface area contributed by atoms with Gasteiger partial charge in [-0.3, -0.25) is 4.99 Å². The van der Waals surface area contributed by atoms with Gasteiger partial charge in [-0.05, 0) is 45.1 Å². The minimum absolute atomic E-state index is 0.0198. The van der Waals surface area contributed by atoms with Crippen LogP contribution < -0.4 is 10.1 Å². The Kier molecular flexibility index (Phi) is 10.1. The molecule has 0 spiro atoms. The molecule has 30 heavy (non-hydrogen) atoms. The molecule has 1 unspecified atom stereocenters. The van der Waals surface area contributed by atoms with Crippen molar-refractivity contribution < 1.29 is 9.47 Å². The third-order valence-electron chi connectivity index (χ3n) is 4.64. The monoisotopic (exact) mass is 433 g/mol. The van der Waals surface area contributed by atoms with Crippen molar-refractivity contribution in [3.63, 3.8) is 0 Å². The van der Waals surface area contributed by atoms with Crippen LogP contribution in [0.15, 0.2) is 34.6 Å². The molecule has 1 N–H and O–H groups in total. The molecule has 0 aliphatic carbocycles. The molecule has 0 amide bonds. The van der Waals surface area contributed by atoms with Crippen molar-refractivity contribution in [1.29, 1.82) is 0 Å². The lowest BCUT2D eigenvalue weighted by Gasteiger charge is -2.21. The molecular formula is C22H35N5O2S. The maximum atomic E-state index is 5.80. The topological polar surface area (TPSA) is 62.2 Å². The lowest BCUT2D eigenvalue weighted by molar-refractivity contribution is 0.119. The summed E-state index contributed by atoms with van der Waals surface area (Å²) < 4.78 is 11.1. The van der Waals surface area contributed by atoms with Crippen LogP contribution >= 0.6 is 11.3 Å². The number of benzene rings is 1. The van der Waals surface area contributed by atoms with Crippen molar-refractivity contribution in [2.45, 2.75) is 32.5 Å². The van der Waals surface area contributed by atoms with Gasteiger partial charge in [-0.15, -0.1) is 11.3 Å². The molecule has 0 bridgehead atoms. The van der Waals surface area contributed by atoms with E-state index < -0.39 is 0 Å². The van der Waals surface area contributed by atoms with Gasteiger partial charge in [0.1, 0.15) is 16.9 Å². The molecule has 166 valence electrons. The lowest BCUT2D eigenvalue weighted by Crippen LogP contribution is -2.38. The Morgan fingerprint density at radius 3 is 2.60 bits per heavy atom. The van der Waals surface area contributed by atoms with Crippen LogP contribution in [0, 0.1) is 0 Å². The predicted octanol–water partition coefficient (Wildman–Crippen LogP) is 3.39. The fraction of sp³-hybridized carbons (Fsp3) is 0.545. The molecule has 0 aliphatic heterocycles. The van der Waals surface area contributed by atoms with Gasteiger partial charge < -0.3 is 24.6 Å². The van der Waals surface area contributed by atoms with Crippen LogP contribution in [0.1, 0.15) is 35.7 Å².